The summed E-state index contributed by atoms with van der Waals surface area (Å²) in [6.45, 7) is 7.70. The summed E-state index contributed by atoms with van der Waals surface area (Å²) in [5, 5.41) is 11.3. The van der Waals surface area contributed by atoms with Crippen LogP contribution < -0.4 is 10.6 Å². The number of piperidine rings is 1. The first-order valence-corrected chi connectivity index (χ1v) is 11.2. The zero-order valence-electron chi connectivity index (χ0n) is 16.2. The summed E-state index contributed by atoms with van der Waals surface area (Å²) in [6, 6.07) is 8.71. The third-order valence-corrected chi connectivity index (χ3v) is 7.02. The van der Waals surface area contributed by atoms with Gasteiger partial charge in [0.15, 0.2) is 5.96 Å². The van der Waals surface area contributed by atoms with Crippen LogP contribution in [0.25, 0.3) is 0 Å². The van der Waals surface area contributed by atoms with Gasteiger partial charge in [-0.25, -0.2) is 0 Å². The fourth-order valence-electron chi connectivity index (χ4n) is 3.36. The van der Waals surface area contributed by atoms with Crippen LogP contribution in [-0.4, -0.2) is 44.1 Å². The lowest BCUT2D eigenvalue weighted by molar-refractivity contribution is 0.179. The van der Waals surface area contributed by atoms with Gasteiger partial charge in [0.05, 0.1) is 0 Å². The van der Waals surface area contributed by atoms with Crippen molar-refractivity contribution in [2.45, 2.75) is 32.2 Å². The molecule has 1 atom stereocenters. The van der Waals surface area contributed by atoms with E-state index in [-0.39, 0.29) is 24.0 Å². The van der Waals surface area contributed by atoms with Crippen LogP contribution in [0.15, 0.2) is 40.0 Å². The summed E-state index contributed by atoms with van der Waals surface area (Å²) in [5.41, 5.74) is 0. The molecule has 0 spiro atoms. The van der Waals surface area contributed by atoms with Crippen molar-refractivity contribution >= 4 is 52.6 Å². The molecule has 2 aromatic heterocycles. The van der Waals surface area contributed by atoms with Crippen molar-refractivity contribution in [3.63, 3.8) is 0 Å². The Balaban J connectivity index is 0.00000261. The largest absolute Gasteiger partial charge is 0.356 e. The van der Waals surface area contributed by atoms with Crippen molar-refractivity contribution in [3.8, 4) is 0 Å². The number of nitrogens with one attached hydrogen (secondary N) is 2. The molecular formula is C20H31IN4S2. The summed E-state index contributed by atoms with van der Waals surface area (Å²) in [5.74, 6) is 2.17. The van der Waals surface area contributed by atoms with Crippen LogP contribution in [0.5, 0.6) is 0 Å². The SMILES string of the molecule is CN=C(NCC1CCN(Cc2cccs2)CC1)NCC(C)c1cccs1.I. The van der Waals surface area contributed by atoms with Crippen molar-refractivity contribution in [3.05, 3.63) is 44.8 Å². The molecule has 1 aliphatic heterocycles. The summed E-state index contributed by atoms with van der Waals surface area (Å²) >= 11 is 3.69. The predicted molar refractivity (Wildman–Crippen MR) is 130 cm³/mol. The van der Waals surface area contributed by atoms with Crippen molar-refractivity contribution in [1.29, 1.82) is 0 Å². The van der Waals surface area contributed by atoms with Gasteiger partial charge in [-0.15, -0.1) is 46.7 Å². The normalized spacial score (nSPS) is 17.3. The zero-order chi connectivity index (χ0) is 18.2. The van der Waals surface area contributed by atoms with Gasteiger partial charge in [0.1, 0.15) is 0 Å². The van der Waals surface area contributed by atoms with E-state index in [2.05, 4.69) is 62.5 Å². The maximum Gasteiger partial charge on any atom is 0.191 e. The van der Waals surface area contributed by atoms with Gasteiger partial charge in [0.2, 0.25) is 0 Å². The average molecular weight is 519 g/mol. The van der Waals surface area contributed by atoms with Crippen LogP contribution in [0.2, 0.25) is 0 Å². The van der Waals surface area contributed by atoms with E-state index in [4.69, 9.17) is 0 Å². The molecule has 150 valence electrons. The van der Waals surface area contributed by atoms with Crippen LogP contribution in [0, 0.1) is 5.92 Å². The Morgan fingerprint density at radius 1 is 1.19 bits per heavy atom. The zero-order valence-corrected chi connectivity index (χ0v) is 20.2. The minimum Gasteiger partial charge on any atom is -0.356 e. The van der Waals surface area contributed by atoms with Crippen LogP contribution in [0.3, 0.4) is 0 Å². The number of aliphatic imine (C=N–C) groups is 1. The molecule has 3 heterocycles. The molecule has 0 saturated carbocycles. The second kappa shape index (κ2) is 12.0. The molecule has 1 aliphatic rings. The van der Waals surface area contributed by atoms with Gasteiger partial charge in [0.25, 0.3) is 0 Å². The van der Waals surface area contributed by atoms with Crippen LogP contribution in [0.4, 0.5) is 0 Å². The quantitative estimate of drug-likeness (QED) is 0.320. The lowest BCUT2D eigenvalue weighted by Crippen LogP contribution is -2.43. The fraction of sp³-hybridized carbons (Fsp3) is 0.550. The Labute approximate surface area is 188 Å². The Kier molecular flexibility index (Phi) is 10.1. The number of hydrogen-bond acceptors (Lipinski definition) is 4. The number of nitrogens with zero attached hydrogens (tertiary/aromatic N) is 2. The molecule has 7 heteroatoms. The number of hydrogen-bond donors (Lipinski definition) is 2. The van der Waals surface area contributed by atoms with Crippen molar-refractivity contribution in [2.75, 3.05) is 33.2 Å². The van der Waals surface area contributed by atoms with Gasteiger partial charge < -0.3 is 10.6 Å². The Morgan fingerprint density at radius 3 is 2.56 bits per heavy atom. The molecule has 27 heavy (non-hydrogen) atoms. The highest BCUT2D eigenvalue weighted by atomic mass is 127. The molecule has 1 fully saturated rings. The standard InChI is InChI=1S/C20H30N4S2.HI/c1-16(19-6-4-12-26-19)13-22-20(21-2)23-14-17-7-9-24(10-8-17)15-18-5-3-11-25-18;/h3-6,11-12,16-17H,7-10,13-15H2,1-2H3,(H2,21,22,23);1H. The van der Waals surface area contributed by atoms with Gasteiger partial charge in [-0.05, 0) is 54.7 Å². The van der Waals surface area contributed by atoms with E-state index in [9.17, 15) is 0 Å². The first-order chi connectivity index (χ1) is 12.7. The number of rotatable bonds is 7. The van der Waals surface area contributed by atoms with Gasteiger partial charge >= 0.3 is 0 Å². The Hall–Kier alpha value is -0.640. The van der Waals surface area contributed by atoms with Crippen LogP contribution in [-0.2, 0) is 6.54 Å². The molecule has 0 radical (unpaired) electrons. The second-order valence-corrected chi connectivity index (χ2v) is 9.06. The molecule has 0 aliphatic carbocycles. The Morgan fingerprint density at radius 2 is 1.93 bits per heavy atom. The maximum atomic E-state index is 4.38. The number of thiophene rings is 2. The molecule has 1 saturated heterocycles. The molecule has 0 bridgehead atoms. The topological polar surface area (TPSA) is 39.7 Å². The third kappa shape index (κ3) is 7.36. The smallest absolute Gasteiger partial charge is 0.191 e. The van der Waals surface area contributed by atoms with Gasteiger partial charge in [0, 0.05) is 42.4 Å². The van der Waals surface area contributed by atoms with E-state index < -0.39 is 0 Å². The molecule has 3 rings (SSSR count). The van der Waals surface area contributed by atoms with E-state index in [0.29, 0.717) is 5.92 Å². The van der Waals surface area contributed by atoms with Gasteiger partial charge in [-0.3, -0.25) is 9.89 Å². The van der Waals surface area contributed by atoms with Crippen molar-refractivity contribution in [2.24, 2.45) is 10.9 Å². The molecule has 0 aromatic carbocycles. The molecule has 1 unspecified atom stereocenters. The van der Waals surface area contributed by atoms with Crippen molar-refractivity contribution in [1.82, 2.24) is 15.5 Å². The fourth-order valence-corrected chi connectivity index (χ4v) is 4.89. The van der Waals surface area contributed by atoms with Crippen molar-refractivity contribution < 1.29 is 0 Å². The summed E-state index contributed by atoms with van der Waals surface area (Å²) in [6.07, 6.45) is 2.53. The molecule has 2 N–H and O–H groups in total. The van der Waals surface area contributed by atoms with E-state index in [0.717, 1.165) is 31.5 Å². The lowest BCUT2D eigenvalue weighted by atomic mass is 9.97. The molecule has 4 nitrogen and oxygen atoms in total. The third-order valence-electron chi connectivity index (χ3n) is 5.05. The van der Waals surface area contributed by atoms with Gasteiger partial charge in [-0.1, -0.05) is 19.1 Å². The number of guanidine groups is 1. The van der Waals surface area contributed by atoms with E-state index in [1.165, 1.54) is 35.7 Å². The lowest BCUT2D eigenvalue weighted by Gasteiger charge is -2.32. The highest BCUT2D eigenvalue weighted by Gasteiger charge is 2.19. The summed E-state index contributed by atoms with van der Waals surface area (Å²) < 4.78 is 0. The highest BCUT2D eigenvalue weighted by molar-refractivity contribution is 14.0. The molecule has 2 aromatic rings. The highest BCUT2D eigenvalue weighted by Crippen LogP contribution is 2.21. The first kappa shape index (κ1) is 22.6. The van der Waals surface area contributed by atoms with E-state index in [1.54, 1.807) is 0 Å². The molecular weight excluding hydrogens is 487 g/mol. The van der Waals surface area contributed by atoms with Gasteiger partial charge in [-0.2, -0.15) is 0 Å². The van der Waals surface area contributed by atoms with E-state index >= 15 is 0 Å². The van der Waals surface area contributed by atoms with Crippen LogP contribution >= 0.6 is 46.7 Å². The van der Waals surface area contributed by atoms with E-state index in [1.807, 2.05) is 29.7 Å². The minimum absolute atomic E-state index is 0. The predicted octanol–water partition coefficient (Wildman–Crippen LogP) is 4.61. The minimum atomic E-state index is 0. The summed E-state index contributed by atoms with van der Waals surface area (Å²) in [7, 11) is 1.86. The number of likely N-dealkylation sites (tertiary alicyclic amines) is 1. The molecule has 0 amide bonds. The second-order valence-electron chi connectivity index (χ2n) is 7.05. The van der Waals surface area contributed by atoms with Crippen LogP contribution in [0.1, 0.15) is 35.4 Å². The first-order valence-electron chi connectivity index (χ1n) is 9.47. The summed E-state index contributed by atoms with van der Waals surface area (Å²) in [4.78, 5) is 9.86. The average Bonchev–Trinajstić information content (AvgIpc) is 3.37. The number of halogens is 1. The Bertz CT molecular complexity index is 650. The monoisotopic (exact) mass is 518 g/mol. The maximum absolute atomic E-state index is 4.38.